The van der Waals surface area contributed by atoms with E-state index in [1.807, 2.05) is 42.5 Å². The van der Waals surface area contributed by atoms with E-state index in [0.29, 0.717) is 10.8 Å². The molecule has 0 fully saturated rings. The lowest BCUT2D eigenvalue weighted by atomic mass is 10.1. The summed E-state index contributed by atoms with van der Waals surface area (Å²) in [5.41, 5.74) is 1.92. The van der Waals surface area contributed by atoms with Gasteiger partial charge in [-0.05, 0) is 42.8 Å². The summed E-state index contributed by atoms with van der Waals surface area (Å²) < 4.78 is 5.96. The highest BCUT2D eigenvalue weighted by molar-refractivity contribution is 6.32. The maximum Gasteiger partial charge on any atom is 0.339 e. The molecule has 0 radical (unpaired) electrons. The number of ether oxygens (including phenoxy) is 1. The van der Waals surface area contributed by atoms with Gasteiger partial charge in [0.1, 0.15) is 17.9 Å². The molecule has 0 heterocycles. The summed E-state index contributed by atoms with van der Waals surface area (Å²) in [5, 5.41) is 12.2. The van der Waals surface area contributed by atoms with Gasteiger partial charge >= 0.3 is 5.97 Å². The van der Waals surface area contributed by atoms with Crippen molar-refractivity contribution in [3.8, 4) is 5.75 Å². The first kappa shape index (κ1) is 19.1. The number of hydrogen-bond acceptors (Lipinski definition) is 3. The molecule has 1 N–H and O–H groups in total. The summed E-state index contributed by atoms with van der Waals surface area (Å²) >= 11 is 6.39. The van der Waals surface area contributed by atoms with Gasteiger partial charge in [-0.25, -0.2) is 4.79 Å². The smallest absolute Gasteiger partial charge is 0.339 e. The highest BCUT2D eigenvalue weighted by Gasteiger charge is 2.15. The maximum atomic E-state index is 11.6. The number of hydrogen-bond donors (Lipinski definition) is 1. The SMILES string of the molecule is CCN(CC)c1ccc(C(=O)O)c(OCc2c(Cl)ccc3ccccc23)c1. The van der Waals surface area contributed by atoms with Gasteiger partial charge in [0.15, 0.2) is 0 Å². The molecule has 4 nitrogen and oxygen atoms in total. The van der Waals surface area contributed by atoms with E-state index in [2.05, 4.69) is 18.7 Å². The minimum Gasteiger partial charge on any atom is -0.488 e. The van der Waals surface area contributed by atoms with Crippen LogP contribution in [0.3, 0.4) is 0 Å². The van der Waals surface area contributed by atoms with Crippen LogP contribution in [-0.2, 0) is 6.61 Å². The Morgan fingerprint density at radius 1 is 1.07 bits per heavy atom. The molecule has 0 aliphatic rings. The minimum absolute atomic E-state index is 0.141. The number of carbonyl (C=O) groups is 1. The molecule has 3 rings (SSSR count). The Labute approximate surface area is 163 Å². The van der Waals surface area contributed by atoms with Crippen LogP contribution in [0.1, 0.15) is 29.8 Å². The molecule has 0 aromatic heterocycles. The second-order valence-corrected chi connectivity index (χ2v) is 6.60. The first-order valence-corrected chi connectivity index (χ1v) is 9.34. The fraction of sp³-hybridized carbons (Fsp3) is 0.227. The fourth-order valence-corrected chi connectivity index (χ4v) is 3.42. The number of rotatable bonds is 7. The maximum absolute atomic E-state index is 11.6. The van der Waals surface area contributed by atoms with E-state index in [4.69, 9.17) is 16.3 Å². The van der Waals surface area contributed by atoms with Gasteiger partial charge in [-0.15, -0.1) is 0 Å². The summed E-state index contributed by atoms with van der Waals surface area (Å²) in [6.07, 6.45) is 0. The standard InChI is InChI=1S/C22H22ClNO3/c1-3-24(4-2)16-10-11-18(22(25)26)21(13-16)27-14-19-17-8-6-5-7-15(17)9-12-20(19)23/h5-13H,3-4,14H2,1-2H3,(H,25,26). The summed E-state index contributed by atoms with van der Waals surface area (Å²) in [5.74, 6) is -0.670. The van der Waals surface area contributed by atoms with Crippen LogP contribution in [0.5, 0.6) is 5.75 Å². The number of nitrogens with zero attached hydrogens (tertiary/aromatic N) is 1. The average Bonchev–Trinajstić information content (AvgIpc) is 2.68. The van der Waals surface area contributed by atoms with Gasteiger partial charge < -0.3 is 14.7 Å². The van der Waals surface area contributed by atoms with Crippen molar-refractivity contribution in [1.82, 2.24) is 0 Å². The normalized spacial score (nSPS) is 10.8. The number of halogens is 1. The molecule has 3 aromatic carbocycles. The molecular weight excluding hydrogens is 362 g/mol. The van der Waals surface area contributed by atoms with E-state index in [1.165, 1.54) is 0 Å². The first-order valence-electron chi connectivity index (χ1n) is 8.96. The van der Waals surface area contributed by atoms with E-state index < -0.39 is 5.97 Å². The van der Waals surface area contributed by atoms with Crippen molar-refractivity contribution in [3.63, 3.8) is 0 Å². The van der Waals surface area contributed by atoms with Crippen LogP contribution in [0.2, 0.25) is 5.02 Å². The van der Waals surface area contributed by atoms with Crippen molar-refractivity contribution in [2.45, 2.75) is 20.5 Å². The average molecular weight is 384 g/mol. The topological polar surface area (TPSA) is 49.8 Å². The van der Waals surface area contributed by atoms with Gasteiger partial charge in [0.2, 0.25) is 0 Å². The molecular formula is C22H22ClNO3. The number of aromatic carboxylic acids is 1. The van der Waals surface area contributed by atoms with E-state index in [-0.39, 0.29) is 12.2 Å². The molecule has 0 spiro atoms. The molecule has 0 atom stereocenters. The van der Waals surface area contributed by atoms with Crippen molar-refractivity contribution in [3.05, 3.63) is 70.7 Å². The molecule has 3 aromatic rings. The number of carboxylic acid groups (broad SMARTS) is 1. The summed E-state index contributed by atoms with van der Waals surface area (Å²) in [4.78, 5) is 13.8. The lowest BCUT2D eigenvalue weighted by Crippen LogP contribution is -2.22. The largest absolute Gasteiger partial charge is 0.488 e. The zero-order valence-electron chi connectivity index (χ0n) is 15.4. The zero-order valence-corrected chi connectivity index (χ0v) is 16.2. The third-order valence-corrected chi connectivity index (χ3v) is 5.03. The van der Waals surface area contributed by atoms with E-state index in [0.717, 1.165) is 35.1 Å². The van der Waals surface area contributed by atoms with Crippen molar-refractivity contribution < 1.29 is 14.6 Å². The van der Waals surface area contributed by atoms with Crippen LogP contribution in [-0.4, -0.2) is 24.2 Å². The van der Waals surface area contributed by atoms with E-state index >= 15 is 0 Å². The lowest BCUT2D eigenvalue weighted by molar-refractivity contribution is 0.0692. The number of fused-ring (bicyclic) bond motifs is 1. The Balaban J connectivity index is 1.97. The second-order valence-electron chi connectivity index (χ2n) is 6.19. The minimum atomic E-state index is -1.01. The van der Waals surface area contributed by atoms with Crippen LogP contribution in [0.25, 0.3) is 10.8 Å². The molecule has 27 heavy (non-hydrogen) atoms. The predicted molar refractivity (Wildman–Crippen MR) is 110 cm³/mol. The summed E-state index contributed by atoms with van der Waals surface area (Å²) in [6, 6.07) is 16.9. The number of anilines is 1. The lowest BCUT2D eigenvalue weighted by Gasteiger charge is -2.22. The molecule has 0 unspecified atom stereocenters. The van der Waals surface area contributed by atoms with Crippen LogP contribution in [0.4, 0.5) is 5.69 Å². The van der Waals surface area contributed by atoms with Gasteiger partial charge in [-0.2, -0.15) is 0 Å². The van der Waals surface area contributed by atoms with Crippen molar-refractivity contribution in [2.24, 2.45) is 0 Å². The Morgan fingerprint density at radius 2 is 1.81 bits per heavy atom. The summed E-state index contributed by atoms with van der Waals surface area (Å²) in [7, 11) is 0. The van der Waals surface area contributed by atoms with Gasteiger partial charge in [0.05, 0.1) is 0 Å². The zero-order chi connectivity index (χ0) is 19.4. The quantitative estimate of drug-likeness (QED) is 0.575. The number of carboxylic acids is 1. The molecule has 0 aliphatic carbocycles. The molecule has 0 saturated heterocycles. The molecule has 140 valence electrons. The van der Waals surface area contributed by atoms with Crippen molar-refractivity contribution >= 4 is 34.0 Å². The Hall–Kier alpha value is -2.72. The fourth-order valence-electron chi connectivity index (χ4n) is 3.20. The first-order chi connectivity index (χ1) is 13.0. The molecule has 0 aliphatic heterocycles. The second kappa shape index (κ2) is 8.31. The van der Waals surface area contributed by atoms with Gasteiger partial charge in [0.25, 0.3) is 0 Å². The monoisotopic (exact) mass is 383 g/mol. The third kappa shape index (κ3) is 4.01. The molecule has 0 bridgehead atoms. The van der Waals surface area contributed by atoms with Crippen LogP contribution < -0.4 is 9.64 Å². The third-order valence-electron chi connectivity index (χ3n) is 4.68. The van der Waals surface area contributed by atoms with Crippen molar-refractivity contribution in [1.29, 1.82) is 0 Å². The highest BCUT2D eigenvalue weighted by atomic mass is 35.5. The highest BCUT2D eigenvalue weighted by Crippen LogP contribution is 2.30. The van der Waals surface area contributed by atoms with E-state index in [9.17, 15) is 9.90 Å². The Morgan fingerprint density at radius 3 is 2.52 bits per heavy atom. The van der Waals surface area contributed by atoms with Gasteiger partial charge in [0, 0.05) is 35.4 Å². The Kier molecular flexibility index (Phi) is 5.87. The van der Waals surface area contributed by atoms with Crippen LogP contribution >= 0.6 is 11.6 Å². The molecule has 5 heteroatoms. The predicted octanol–water partition coefficient (Wildman–Crippen LogP) is 5.62. The molecule has 0 amide bonds. The van der Waals surface area contributed by atoms with Gasteiger partial charge in [-0.3, -0.25) is 0 Å². The number of benzene rings is 3. The van der Waals surface area contributed by atoms with Gasteiger partial charge in [-0.1, -0.05) is 41.9 Å². The van der Waals surface area contributed by atoms with Crippen LogP contribution in [0, 0.1) is 0 Å². The summed E-state index contributed by atoms with van der Waals surface area (Å²) in [6.45, 7) is 5.98. The molecule has 0 saturated carbocycles. The van der Waals surface area contributed by atoms with Crippen LogP contribution in [0.15, 0.2) is 54.6 Å². The Bertz CT molecular complexity index is 967. The van der Waals surface area contributed by atoms with E-state index in [1.54, 1.807) is 12.1 Å². The van der Waals surface area contributed by atoms with Crippen molar-refractivity contribution in [2.75, 3.05) is 18.0 Å².